The maximum absolute atomic E-state index is 12.6. The van der Waals surface area contributed by atoms with Crippen molar-refractivity contribution in [3.63, 3.8) is 0 Å². The third-order valence-electron chi connectivity index (χ3n) is 5.37. The summed E-state index contributed by atoms with van der Waals surface area (Å²) in [4.78, 5) is 33.7. The molecule has 0 aromatic heterocycles. The molecule has 0 heterocycles. The molecule has 0 aliphatic rings. The standard InChI is InChI=1S/C26H18ClN5O5S/c27-22-14-13-20(31(34)35)15-21(22)25(33)28-18-9-5-16(6-10-18)17-7-11-19(12-8-17)29-26(38)30-23-3-1-2-4-24(23)32(36)37/h1-15H,(H,28,33)(H2,29,30,38). The molecule has 0 saturated heterocycles. The van der Waals surface area contributed by atoms with E-state index in [1.54, 1.807) is 30.3 Å². The van der Waals surface area contributed by atoms with Gasteiger partial charge in [0.15, 0.2) is 5.11 Å². The van der Waals surface area contributed by atoms with Gasteiger partial charge in [-0.1, -0.05) is 48.0 Å². The monoisotopic (exact) mass is 547 g/mol. The van der Waals surface area contributed by atoms with Crippen molar-refractivity contribution >= 4 is 63.3 Å². The number of halogens is 1. The van der Waals surface area contributed by atoms with Gasteiger partial charge < -0.3 is 16.0 Å². The first-order valence-corrected chi connectivity index (χ1v) is 11.8. The van der Waals surface area contributed by atoms with Gasteiger partial charge in [0.05, 0.1) is 20.4 Å². The van der Waals surface area contributed by atoms with E-state index >= 15 is 0 Å². The Morgan fingerprint density at radius 2 is 1.32 bits per heavy atom. The second-order valence-electron chi connectivity index (χ2n) is 7.88. The molecular weight excluding hydrogens is 530 g/mol. The number of anilines is 3. The van der Waals surface area contributed by atoms with E-state index in [4.69, 9.17) is 23.8 Å². The smallest absolute Gasteiger partial charge is 0.292 e. The van der Waals surface area contributed by atoms with Gasteiger partial charge in [0.25, 0.3) is 17.3 Å². The van der Waals surface area contributed by atoms with E-state index in [0.29, 0.717) is 11.4 Å². The first-order valence-electron chi connectivity index (χ1n) is 11.0. The summed E-state index contributed by atoms with van der Waals surface area (Å²) in [5.41, 5.74) is 2.92. The maximum Gasteiger partial charge on any atom is 0.292 e. The quantitative estimate of drug-likeness (QED) is 0.129. The zero-order valence-corrected chi connectivity index (χ0v) is 21.0. The molecule has 12 heteroatoms. The molecule has 190 valence electrons. The van der Waals surface area contributed by atoms with E-state index in [1.807, 2.05) is 36.4 Å². The van der Waals surface area contributed by atoms with Crippen LogP contribution in [-0.2, 0) is 0 Å². The van der Waals surface area contributed by atoms with E-state index in [2.05, 4.69) is 16.0 Å². The molecule has 3 N–H and O–H groups in total. The van der Waals surface area contributed by atoms with Crippen LogP contribution in [0.3, 0.4) is 0 Å². The first kappa shape index (κ1) is 26.2. The summed E-state index contributed by atoms with van der Waals surface area (Å²) in [6.45, 7) is 0. The van der Waals surface area contributed by atoms with Crippen LogP contribution in [0.5, 0.6) is 0 Å². The van der Waals surface area contributed by atoms with Crippen molar-refractivity contribution in [2.75, 3.05) is 16.0 Å². The Morgan fingerprint density at radius 3 is 1.89 bits per heavy atom. The number of hydrogen-bond acceptors (Lipinski definition) is 6. The van der Waals surface area contributed by atoms with E-state index in [1.165, 1.54) is 18.2 Å². The average molecular weight is 548 g/mol. The molecule has 0 unspecified atom stereocenters. The lowest BCUT2D eigenvalue weighted by molar-refractivity contribution is -0.384. The molecule has 4 aromatic carbocycles. The highest BCUT2D eigenvalue weighted by atomic mass is 35.5. The van der Waals surface area contributed by atoms with Crippen molar-refractivity contribution in [2.24, 2.45) is 0 Å². The normalized spacial score (nSPS) is 10.3. The Kier molecular flexibility index (Phi) is 7.90. The molecule has 10 nitrogen and oxygen atoms in total. The summed E-state index contributed by atoms with van der Waals surface area (Å²) >= 11 is 11.3. The van der Waals surface area contributed by atoms with Gasteiger partial charge in [0.2, 0.25) is 0 Å². The minimum atomic E-state index is -0.595. The van der Waals surface area contributed by atoms with E-state index in [0.717, 1.165) is 17.2 Å². The van der Waals surface area contributed by atoms with Crippen molar-refractivity contribution in [3.8, 4) is 11.1 Å². The van der Waals surface area contributed by atoms with Gasteiger partial charge in [0.1, 0.15) is 5.69 Å². The van der Waals surface area contributed by atoms with Gasteiger partial charge in [-0.3, -0.25) is 25.0 Å². The highest BCUT2D eigenvalue weighted by Gasteiger charge is 2.16. The molecule has 0 fully saturated rings. The molecule has 0 aliphatic heterocycles. The molecule has 0 bridgehead atoms. The van der Waals surface area contributed by atoms with E-state index < -0.39 is 15.8 Å². The predicted octanol–water partition coefficient (Wildman–Crippen LogP) is 6.88. The summed E-state index contributed by atoms with van der Waals surface area (Å²) in [5, 5.41) is 31.0. The van der Waals surface area contributed by atoms with Crippen LogP contribution in [0, 0.1) is 20.2 Å². The molecule has 4 rings (SSSR count). The number of nitro groups is 2. The molecule has 4 aromatic rings. The van der Waals surface area contributed by atoms with Crippen LogP contribution in [0.25, 0.3) is 11.1 Å². The number of non-ortho nitro benzene ring substituents is 1. The SMILES string of the molecule is O=C(Nc1ccc(-c2ccc(NC(=S)Nc3ccccc3[N+](=O)[O-])cc2)cc1)c1cc([N+](=O)[O-])ccc1Cl. The van der Waals surface area contributed by atoms with Crippen molar-refractivity contribution in [2.45, 2.75) is 0 Å². The Balaban J connectivity index is 1.39. The molecule has 0 radical (unpaired) electrons. The molecular formula is C26H18ClN5O5S. The first-order chi connectivity index (χ1) is 18.2. The van der Waals surface area contributed by atoms with Gasteiger partial charge in [-0.2, -0.15) is 0 Å². The second-order valence-corrected chi connectivity index (χ2v) is 8.70. The fourth-order valence-corrected chi connectivity index (χ4v) is 3.95. The van der Waals surface area contributed by atoms with E-state index in [-0.39, 0.29) is 32.8 Å². The van der Waals surface area contributed by atoms with Crippen LogP contribution < -0.4 is 16.0 Å². The zero-order valence-electron chi connectivity index (χ0n) is 19.4. The fourth-order valence-electron chi connectivity index (χ4n) is 3.51. The lowest BCUT2D eigenvalue weighted by Gasteiger charge is -2.12. The zero-order chi connectivity index (χ0) is 27.2. The van der Waals surface area contributed by atoms with Crippen LogP contribution in [0.15, 0.2) is 91.0 Å². The minimum Gasteiger partial charge on any atom is -0.332 e. The molecule has 38 heavy (non-hydrogen) atoms. The molecule has 1 amide bonds. The van der Waals surface area contributed by atoms with Crippen molar-refractivity contribution < 1.29 is 14.6 Å². The Morgan fingerprint density at radius 1 is 0.737 bits per heavy atom. The highest BCUT2D eigenvalue weighted by Crippen LogP contribution is 2.27. The lowest BCUT2D eigenvalue weighted by atomic mass is 10.0. The summed E-state index contributed by atoms with van der Waals surface area (Å²) in [7, 11) is 0. The molecule has 0 saturated carbocycles. The summed E-state index contributed by atoms with van der Waals surface area (Å²) < 4.78 is 0. The van der Waals surface area contributed by atoms with E-state index in [9.17, 15) is 25.0 Å². The van der Waals surface area contributed by atoms with Gasteiger partial charge in [-0.15, -0.1) is 0 Å². The number of thiocarbonyl (C=S) groups is 1. The number of hydrogen-bond donors (Lipinski definition) is 3. The number of amides is 1. The van der Waals surface area contributed by atoms with Crippen LogP contribution >= 0.6 is 23.8 Å². The number of nitrogens with zero attached hydrogens (tertiary/aromatic N) is 2. The Bertz CT molecular complexity index is 1540. The van der Waals surface area contributed by atoms with Crippen molar-refractivity contribution in [1.82, 2.24) is 0 Å². The van der Waals surface area contributed by atoms with Crippen molar-refractivity contribution in [3.05, 3.63) is 122 Å². The van der Waals surface area contributed by atoms with Gasteiger partial charge >= 0.3 is 0 Å². The number of benzene rings is 4. The predicted molar refractivity (Wildman–Crippen MR) is 151 cm³/mol. The van der Waals surface area contributed by atoms with Crippen molar-refractivity contribution in [1.29, 1.82) is 0 Å². The Hall–Kier alpha value is -4.87. The van der Waals surface area contributed by atoms with Crippen LogP contribution in [-0.4, -0.2) is 20.9 Å². The number of rotatable bonds is 7. The van der Waals surface area contributed by atoms with Crippen LogP contribution in [0.4, 0.5) is 28.4 Å². The van der Waals surface area contributed by atoms with Gasteiger partial charge in [-0.05, 0) is 59.7 Å². The molecule has 0 spiro atoms. The molecule has 0 aliphatic carbocycles. The third kappa shape index (κ3) is 6.27. The lowest BCUT2D eigenvalue weighted by Crippen LogP contribution is -2.19. The number of nitro benzene ring substituents is 2. The third-order valence-corrected chi connectivity index (χ3v) is 5.91. The fraction of sp³-hybridized carbons (Fsp3) is 0. The number of carbonyl (C=O) groups excluding carboxylic acids is 1. The molecule has 0 atom stereocenters. The minimum absolute atomic E-state index is 0.00213. The Labute approximate surface area is 226 Å². The average Bonchev–Trinajstić information content (AvgIpc) is 2.90. The number of carbonyl (C=O) groups is 1. The van der Waals surface area contributed by atoms with Crippen LogP contribution in [0.1, 0.15) is 10.4 Å². The summed E-state index contributed by atoms with van der Waals surface area (Å²) in [6.07, 6.45) is 0. The maximum atomic E-state index is 12.6. The highest BCUT2D eigenvalue weighted by molar-refractivity contribution is 7.80. The number of para-hydroxylation sites is 2. The number of nitrogens with one attached hydrogen (secondary N) is 3. The second kappa shape index (κ2) is 11.5. The largest absolute Gasteiger partial charge is 0.332 e. The summed E-state index contributed by atoms with van der Waals surface area (Å²) in [6, 6.07) is 24.3. The van der Waals surface area contributed by atoms with Crippen LogP contribution in [0.2, 0.25) is 5.02 Å². The van der Waals surface area contributed by atoms with Gasteiger partial charge in [-0.25, -0.2) is 0 Å². The topological polar surface area (TPSA) is 139 Å². The van der Waals surface area contributed by atoms with Gasteiger partial charge in [0, 0.05) is 29.6 Å². The summed E-state index contributed by atoms with van der Waals surface area (Å²) in [5.74, 6) is -0.563.